The Morgan fingerprint density at radius 2 is 1.77 bits per heavy atom. The average Bonchev–Trinajstić information content (AvgIpc) is 3.26. The SMILES string of the molecule is COc1ccc(-n2c(SCC(=O)Nc3ccc(S(N)(=O)=O)cc3)nnc2-c2cccc(C)c2)cc1. The van der Waals surface area contributed by atoms with E-state index in [1.807, 2.05) is 60.0 Å². The van der Waals surface area contributed by atoms with Crippen LogP contribution in [0.1, 0.15) is 5.56 Å². The first-order chi connectivity index (χ1) is 16.7. The van der Waals surface area contributed by atoms with Gasteiger partial charge in [-0.25, -0.2) is 13.6 Å². The molecule has 0 bridgehead atoms. The van der Waals surface area contributed by atoms with Crippen molar-refractivity contribution in [2.75, 3.05) is 18.2 Å². The molecule has 0 fully saturated rings. The van der Waals surface area contributed by atoms with Crippen LogP contribution < -0.4 is 15.2 Å². The molecule has 9 nitrogen and oxygen atoms in total. The highest BCUT2D eigenvalue weighted by molar-refractivity contribution is 7.99. The number of amides is 1. The molecular formula is C24H23N5O4S2. The Hall–Kier alpha value is -3.67. The summed E-state index contributed by atoms with van der Waals surface area (Å²) in [6.07, 6.45) is 0. The van der Waals surface area contributed by atoms with Crippen LogP contribution in [0.25, 0.3) is 17.1 Å². The molecule has 0 spiro atoms. The molecule has 4 rings (SSSR count). The minimum Gasteiger partial charge on any atom is -0.497 e. The number of nitrogens with two attached hydrogens (primary N) is 1. The summed E-state index contributed by atoms with van der Waals surface area (Å²) < 4.78 is 30.0. The van der Waals surface area contributed by atoms with E-state index in [0.717, 1.165) is 22.6 Å². The number of primary sulfonamides is 1. The quantitative estimate of drug-likeness (QED) is 0.347. The molecule has 11 heteroatoms. The molecule has 0 radical (unpaired) electrons. The maximum absolute atomic E-state index is 12.6. The van der Waals surface area contributed by atoms with Gasteiger partial charge in [-0.1, -0.05) is 35.5 Å². The Morgan fingerprint density at radius 3 is 2.40 bits per heavy atom. The molecule has 1 amide bonds. The molecular weight excluding hydrogens is 486 g/mol. The fraction of sp³-hybridized carbons (Fsp3) is 0.125. The summed E-state index contributed by atoms with van der Waals surface area (Å²) in [7, 11) is -2.19. The number of sulfonamides is 1. The average molecular weight is 510 g/mol. The predicted octanol–water partition coefficient (Wildman–Crippen LogP) is 3.63. The van der Waals surface area contributed by atoms with Crippen LogP contribution in [0.15, 0.2) is 82.8 Å². The van der Waals surface area contributed by atoms with Gasteiger partial charge in [0.05, 0.1) is 17.8 Å². The van der Waals surface area contributed by atoms with Crippen LogP contribution in [0.2, 0.25) is 0 Å². The molecule has 0 aliphatic heterocycles. The second-order valence-electron chi connectivity index (χ2n) is 7.62. The van der Waals surface area contributed by atoms with Gasteiger partial charge >= 0.3 is 0 Å². The zero-order valence-electron chi connectivity index (χ0n) is 19.0. The first-order valence-corrected chi connectivity index (χ1v) is 13.0. The van der Waals surface area contributed by atoms with Crippen LogP contribution >= 0.6 is 11.8 Å². The number of aromatic nitrogens is 3. The third-order valence-electron chi connectivity index (χ3n) is 5.04. The van der Waals surface area contributed by atoms with Crippen molar-refractivity contribution in [1.29, 1.82) is 0 Å². The lowest BCUT2D eigenvalue weighted by molar-refractivity contribution is -0.113. The number of carbonyl (C=O) groups excluding carboxylic acids is 1. The van der Waals surface area contributed by atoms with Crippen LogP contribution in [0, 0.1) is 6.92 Å². The van der Waals surface area contributed by atoms with Gasteiger partial charge in [-0.05, 0) is 61.5 Å². The van der Waals surface area contributed by atoms with E-state index in [9.17, 15) is 13.2 Å². The lowest BCUT2D eigenvalue weighted by Crippen LogP contribution is -2.15. The summed E-state index contributed by atoms with van der Waals surface area (Å²) in [6.45, 7) is 2.01. The first-order valence-electron chi connectivity index (χ1n) is 10.5. The minimum absolute atomic E-state index is 0.0267. The molecule has 0 aliphatic carbocycles. The van der Waals surface area contributed by atoms with E-state index in [1.165, 1.54) is 36.0 Å². The van der Waals surface area contributed by atoms with Crippen molar-refractivity contribution in [3.8, 4) is 22.8 Å². The third-order valence-corrected chi connectivity index (χ3v) is 6.90. The summed E-state index contributed by atoms with van der Waals surface area (Å²) >= 11 is 1.24. The van der Waals surface area contributed by atoms with Crippen LogP contribution in [0.5, 0.6) is 5.75 Å². The van der Waals surface area contributed by atoms with E-state index in [-0.39, 0.29) is 16.6 Å². The van der Waals surface area contributed by atoms with Crippen LogP contribution in [0.3, 0.4) is 0 Å². The summed E-state index contributed by atoms with van der Waals surface area (Å²) in [5, 5.41) is 17.1. The number of ether oxygens (including phenoxy) is 1. The number of hydrogen-bond acceptors (Lipinski definition) is 7. The van der Waals surface area contributed by atoms with E-state index < -0.39 is 10.0 Å². The lowest BCUT2D eigenvalue weighted by Gasteiger charge is -2.12. The molecule has 0 aliphatic rings. The molecule has 180 valence electrons. The van der Waals surface area contributed by atoms with Gasteiger partial charge in [0.2, 0.25) is 15.9 Å². The smallest absolute Gasteiger partial charge is 0.238 e. The van der Waals surface area contributed by atoms with Gasteiger partial charge in [-0.2, -0.15) is 0 Å². The van der Waals surface area contributed by atoms with Crippen LogP contribution in [-0.2, 0) is 14.8 Å². The van der Waals surface area contributed by atoms with Gasteiger partial charge < -0.3 is 10.1 Å². The van der Waals surface area contributed by atoms with Crippen molar-refractivity contribution in [3.05, 3.63) is 78.4 Å². The second-order valence-corrected chi connectivity index (χ2v) is 10.1. The summed E-state index contributed by atoms with van der Waals surface area (Å²) in [6, 6.07) is 21.1. The lowest BCUT2D eigenvalue weighted by atomic mass is 10.1. The molecule has 1 aromatic heterocycles. The van der Waals surface area contributed by atoms with Crippen LogP contribution in [-0.4, -0.2) is 42.0 Å². The van der Waals surface area contributed by atoms with E-state index in [1.54, 1.807) is 7.11 Å². The fourth-order valence-electron chi connectivity index (χ4n) is 3.35. The Bertz CT molecular complexity index is 1450. The molecule has 0 unspecified atom stereocenters. The van der Waals surface area contributed by atoms with E-state index >= 15 is 0 Å². The molecule has 3 aromatic carbocycles. The van der Waals surface area contributed by atoms with E-state index in [4.69, 9.17) is 9.88 Å². The van der Waals surface area contributed by atoms with Crippen molar-refractivity contribution in [3.63, 3.8) is 0 Å². The zero-order valence-corrected chi connectivity index (χ0v) is 20.6. The number of thioether (sulfide) groups is 1. The van der Waals surface area contributed by atoms with Crippen molar-refractivity contribution < 1.29 is 17.9 Å². The third kappa shape index (κ3) is 5.88. The van der Waals surface area contributed by atoms with E-state index in [2.05, 4.69) is 15.5 Å². The van der Waals surface area contributed by atoms with Crippen LogP contribution in [0.4, 0.5) is 5.69 Å². The number of rotatable bonds is 8. The van der Waals surface area contributed by atoms with Gasteiger partial charge in [0, 0.05) is 16.9 Å². The topological polar surface area (TPSA) is 129 Å². The van der Waals surface area contributed by atoms with E-state index in [0.29, 0.717) is 16.7 Å². The number of anilines is 1. The summed E-state index contributed by atoms with van der Waals surface area (Å²) in [5.41, 5.74) is 3.28. The summed E-state index contributed by atoms with van der Waals surface area (Å²) in [4.78, 5) is 12.5. The zero-order chi connectivity index (χ0) is 25.0. The van der Waals surface area contributed by atoms with Gasteiger partial charge in [-0.3, -0.25) is 9.36 Å². The van der Waals surface area contributed by atoms with Gasteiger partial charge in [0.1, 0.15) is 5.75 Å². The Kier molecular flexibility index (Phi) is 7.20. The van der Waals surface area contributed by atoms with Crippen molar-refractivity contribution >= 4 is 33.4 Å². The Labute approximate surface area is 207 Å². The number of carbonyl (C=O) groups is 1. The highest BCUT2D eigenvalue weighted by atomic mass is 32.2. The molecule has 4 aromatic rings. The highest BCUT2D eigenvalue weighted by Crippen LogP contribution is 2.29. The Morgan fingerprint density at radius 1 is 1.06 bits per heavy atom. The molecule has 0 atom stereocenters. The standard InChI is InChI=1S/C24H23N5O4S2/c1-16-4-3-5-17(14-16)23-27-28-24(29(23)19-8-10-20(33-2)11-9-19)34-15-22(30)26-18-6-12-21(13-7-18)35(25,31)32/h3-14H,15H2,1-2H3,(H,26,30)(H2,25,31,32). The second kappa shape index (κ2) is 10.3. The predicted molar refractivity (Wildman–Crippen MR) is 135 cm³/mol. The number of hydrogen-bond donors (Lipinski definition) is 2. The highest BCUT2D eigenvalue weighted by Gasteiger charge is 2.18. The van der Waals surface area contributed by atoms with Gasteiger partial charge in [-0.15, -0.1) is 10.2 Å². The van der Waals surface area contributed by atoms with Crippen molar-refractivity contribution in [2.45, 2.75) is 17.0 Å². The largest absolute Gasteiger partial charge is 0.497 e. The Balaban J connectivity index is 1.56. The molecule has 1 heterocycles. The molecule has 0 saturated heterocycles. The van der Waals surface area contributed by atoms with Gasteiger partial charge in [0.25, 0.3) is 0 Å². The number of methoxy groups -OCH3 is 1. The number of benzene rings is 3. The number of nitrogens with one attached hydrogen (secondary N) is 1. The molecule has 3 N–H and O–H groups in total. The maximum atomic E-state index is 12.6. The normalized spacial score (nSPS) is 11.3. The first kappa shape index (κ1) is 24.5. The number of aryl methyl sites for hydroxylation is 1. The fourth-order valence-corrected chi connectivity index (χ4v) is 4.62. The maximum Gasteiger partial charge on any atom is 0.238 e. The molecule has 0 saturated carbocycles. The monoisotopic (exact) mass is 509 g/mol. The van der Waals surface area contributed by atoms with Crippen molar-refractivity contribution in [1.82, 2.24) is 14.8 Å². The summed E-state index contributed by atoms with van der Waals surface area (Å²) in [5.74, 6) is 1.17. The van der Waals surface area contributed by atoms with Crippen molar-refractivity contribution in [2.24, 2.45) is 5.14 Å². The number of nitrogens with zero attached hydrogens (tertiary/aromatic N) is 3. The van der Waals surface area contributed by atoms with Gasteiger partial charge in [0.15, 0.2) is 11.0 Å². The minimum atomic E-state index is -3.80. The molecule has 35 heavy (non-hydrogen) atoms.